The van der Waals surface area contributed by atoms with Gasteiger partial charge in [-0.05, 0) is 41.1 Å². The minimum absolute atomic E-state index is 0.157. The van der Waals surface area contributed by atoms with Gasteiger partial charge in [-0.2, -0.15) is 0 Å². The molecule has 0 saturated carbocycles. The fourth-order valence-electron chi connectivity index (χ4n) is 6.39. The van der Waals surface area contributed by atoms with E-state index in [4.69, 9.17) is 4.74 Å². The first-order valence-electron chi connectivity index (χ1n) is 12.7. The van der Waals surface area contributed by atoms with Crippen LogP contribution in [0.3, 0.4) is 0 Å². The van der Waals surface area contributed by atoms with Crippen LogP contribution in [0.25, 0.3) is 16.8 Å². The molecule has 38 heavy (non-hydrogen) atoms. The molecule has 6 nitrogen and oxygen atoms in total. The molecule has 0 bridgehead atoms. The lowest BCUT2D eigenvalue weighted by atomic mass is 9.86. The van der Waals surface area contributed by atoms with E-state index in [1.165, 1.54) is 4.90 Å². The Bertz CT molecular complexity index is 1640. The van der Waals surface area contributed by atoms with Crippen LogP contribution in [-0.4, -0.2) is 36.8 Å². The summed E-state index contributed by atoms with van der Waals surface area (Å²) < 4.78 is 5.24. The number of methoxy groups -OCH3 is 1. The lowest BCUT2D eigenvalue weighted by Crippen LogP contribution is -2.48. The maximum Gasteiger partial charge on any atom is 0.240 e. The van der Waals surface area contributed by atoms with Crippen LogP contribution in [0.2, 0.25) is 0 Å². The number of imide groups is 1. The number of benzene rings is 4. The minimum Gasteiger partial charge on any atom is -0.497 e. The van der Waals surface area contributed by atoms with Crippen LogP contribution >= 0.6 is 0 Å². The van der Waals surface area contributed by atoms with Crippen LogP contribution in [-0.2, 0) is 9.59 Å². The minimum atomic E-state index is -0.808. The lowest BCUT2D eigenvalue weighted by molar-refractivity contribution is -0.122. The van der Waals surface area contributed by atoms with Crippen molar-refractivity contribution in [2.45, 2.75) is 12.1 Å². The van der Waals surface area contributed by atoms with E-state index < -0.39 is 23.9 Å². The Morgan fingerprint density at radius 1 is 0.789 bits per heavy atom. The van der Waals surface area contributed by atoms with Gasteiger partial charge in [0.15, 0.2) is 5.78 Å². The molecule has 0 N–H and O–H groups in total. The van der Waals surface area contributed by atoms with Crippen molar-refractivity contribution in [1.29, 1.82) is 0 Å². The first-order chi connectivity index (χ1) is 18.6. The first-order valence-corrected chi connectivity index (χ1v) is 12.7. The van der Waals surface area contributed by atoms with E-state index in [1.807, 2.05) is 59.5 Å². The summed E-state index contributed by atoms with van der Waals surface area (Å²) in [7, 11) is 1.57. The number of fused-ring (bicyclic) bond motifs is 7. The van der Waals surface area contributed by atoms with E-state index >= 15 is 0 Å². The molecule has 0 unspecified atom stereocenters. The molecule has 186 valence electrons. The van der Waals surface area contributed by atoms with Gasteiger partial charge in [0, 0.05) is 16.8 Å². The number of hydrogen-bond donors (Lipinski definition) is 0. The Morgan fingerprint density at radius 2 is 1.50 bits per heavy atom. The molecule has 3 heterocycles. The summed E-state index contributed by atoms with van der Waals surface area (Å²) in [6, 6.07) is 26.8. The van der Waals surface area contributed by atoms with Crippen molar-refractivity contribution < 1.29 is 19.1 Å². The van der Waals surface area contributed by atoms with Gasteiger partial charge in [-0.1, -0.05) is 72.8 Å². The molecule has 7 rings (SSSR count). The van der Waals surface area contributed by atoms with Crippen LogP contribution in [0.4, 0.5) is 11.4 Å². The fraction of sp³-hybridized carbons (Fsp3) is 0.156. The van der Waals surface area contributed by atoms with Gasteiger partial charge in [0.05, 0.1) is 30.7 Å². The zero-order chi connectivity index (χ0) is 26.0. The molecule has 0 aliphatic carbocycles. The van der Waals surface area contributed by atoms with Gasteiger partial charge in [0.2, 0.25) is 11.8 Å². The highest BCUT2D eigenvalue weighted by atomic mass is 16.5. The first kappa shape index (κ1) is 22.5. The van der Waals surface area contributed by atoms with Crippen molar-refractivity contribution in [2.75, 3.05) is 16.9 Å². The second kappa shape index (κ2) is 8.42. The highest BCUT2D eigenvalue weighted by Crippen LogP contribution is 2.50. The maximum atomic E-state index is 14.1. The van der Waals surface area contributed by atoms with Crippen molar-refractivity contribution in [1.82, 2.24) is 0 Å². The normalized spacial score (nSPS) is 23.4. The predicted octanol–water partition coefficient (Wildman–Crippen LogP) is 5.12. The van der Waals surface area contributed by atoms with Crippen LogP contribution in [0.5, 0.6) is 5.75 Å². The number of nitrogens with zero attached hydrogens (tertiary/aromatic N) is 2. The smallest absolute Gasteiger partial charge is 0.240 e. The highest BCUT2D eigenvalue weighted by Gasteiger charge is 2.64. The summed E-state index contributed by atoms with van der Waals surface area (Å²) in [5.41, 5.74) is 2.88. The molecule has 3 aliphatic heterocycles. The number of carbonyl (C=O) groups excluding carboxylic acids is 3. The van der Waals surface area contributed by atoms with E-state index in [1.54, 1.807) is 43.5 Å². The predicted molar refractivity (Wildman–Crippen MR) is 146 cm³/mol. The van der Waals surface area contributed by atoms with Crippen molar-refractivity contribution in [3.63, 3.8) is 0 Å². The summed E-state index contributed by atoms with van der Waals surface area (Å²) in [4.78, 5) is 45.4. The van der Waals surface area contributed by atoms with Crippen molar-refractivity contribution in [3.05, 3.63) is 108 Å². The molecule has 4 aromatic carbocycles. The molecule has 2 fully saturated rings. The zero-order valence-electron chi connectivity index (χ0n) is 20.7. The third-order valence-corrected chi connectivity index (χ3v) is 8.07. The average molecular weight is 501 g/mol. The molecule has 6 heteroatoms. The van der Waals surface area contributed by atoms with E-state index in [0.29, 0.717) is 17.0 Å². The summed E-state index contributed by atoms with van der Waals surface area (Å²) in [6.07, 6.45) is 4.03. The second-order valence-electron chi connectivity index (χ2n) is 9.91. The number of carbonyl (C=O) groups is 3. The summed E-state index contributed by atoms with van der Waals surface area (Å²) in [6.45, 7) is 0. The Morgan fingerprint density at radius 3 is 2.26 bits per heavy atom. The fourth-order valence-corrected chi connectivity index (χ4v) is 6.39. The van der Waals surface area contributed by atoms with E-state index in [0.717, 1.165) is 22.0 Å². The highest BCUT2D eigenvalue weighted by molar-refractivity contribution is 6.25. The summed E-state index contributed by atoms with van der Waals surface area (Å²) >= 11 is 0. The third-order valence-electron chi connectivity index (χ3n) is 8.07. The molecule has 3 aliphatic rings. The third kappa shape index (κ3) is 3.10. The number of hydrogen-bond acceptors (Lipinski definition) is 5. The van der Waals surface area contributed by atoms with Gasteiger partial charge in [0.25, 0.3) is 0 Å². The van der Waals surface area contributed by atoms with Gasteiger partial charge in [0.1, 0.15) is 11.8 Å². The van der Waals surface area contributed by atoms with Crippen molar-refractivity contribution in [2.24, 2.45) is 11.8 Å². The van der Waals surface area contributed by atoms with E-state index in [9.17, 15) is 14.4 Å². The van der Waals surface area contributed by atoms with E-state index in [2.05, 4.69) is 12.1 Å². The SMILES string of the molecule is COc1ccc(N2C(=O)[C@@H]3[C@H](C2=O)[C@H](C(=O)c2ccccc2)N2c4ccc5ccccc5c4C=C[C@@H]32)cc1. The van der Waals surface area contributed by atoms with Crippen molar-refractivity contribution >= 4 is 45.8 Å². The van der Waals surface area contributed by atoms with Gasteiger partial charge >= 0.3 is 0 Å². The number of rotatable bonds is 4. The summed E-state index contributed by atoms with van der Waals surface area (Å²) in [5.74, 6) is -1.62. The van der Waals surface area contributed by atoms with Gasteiger partial charge < -0.3 is 9.64 Å². The van der Waals surface area contributed by atoms with Gasteiger partial charge in [-0.15, -0.1) is 0 Å². The molecule has 4 aromatic rings. The van der Waals surface area contributed by atoms with E-state index in [-0.39, 0.29) is 17.6 Å². The van der Waals surface area contributed by atoms with Gasteiger partial charge in [-0.25, -0.2) is 4.90 Å². The number of amides is 2. The standard InChI is InChI=1S/C32H24N2O4/c1-38-22-14-12-21(13-15-22)33-31(36)27-26-18-16-24-23-10-6-5-7-19(23)11-17-25(24)34(26)29(28(27)32(33)37)30(35)20-8-3-2-4-9-20/h2-18,26-29H,1H3/t26-,27-,28-,29+/m0/s1. The average Bonchev–Trinajstić information content (AvgIpc) is 3.45. The van der Waals surface area contributed by atoms with Crippen LogP contribution in [0.1, 0.15) is 15.9 Å². The Balaban J connectivity index is 1.39. The molecule has 2 saturated heterocycles. The number of anilines is 2. The molecule has 0 aromatic heterocycles. The monoisotopic (exact) mass is 500 g/mol. The lowest BCUT2D eigenvalue weighted by Gasteiger charge is -2.37. The molecule has 2 amide bonds. The van der Waals surface area contributed by atoms with Gasteiger partial charge in [-0.3, -0.25) is 14.4 Å². The van der Waals surface area contributed by atoms with Crippen LogP contribution < -0.4 is 14.5 Å². The number of ketones is 1. The topological polar surface area (TPSA) is 66.9 Å². The molecule has 0 radical (unpaired) electrons. The molecular formula is C32H24N2O4. The molecule has 4 atom stereocenters. The molecule has 0 spiro atoms. The number of ether oxygens (including phenoxy) is 1. The maximum absolute atomic E-state index is 14.1. The van der Waals surface area contributed by atoms with Crippen LogP contribution in [0, 0.1) is 11.8 Å². The molecular weight excluding hydrogens is 476 g/mol. The second-order valence-corrected chi connectivity index (χ2v) is 9.91. The quantitative estimate of drug-likeness (QED) is 0.287. The van der Waals surface area contributed by atoms with Crippen LogP contribution in [0.15, 0.2) is 97.1 Å². The summed E-state index contributed by atoms with van der Waals surface area (Å²) in [5, 5.41) is 2.16. The Labute approximate surface area is 219 Å². The Kier molecular flexibility index (Phi) is 4.98. The number of Topliss-reactive ketones (excluding diaryl/α,β-unsaturated/α-hetero) is 1. The van der Waals surface area contributed by atoms with Crippen molar-refractivity contribution in [3.8, 4) is 5.75 Å². The zero-order valence-corrected chi connectivity index (χ0v) is 20.7. The Hall–Kier alpha value is -4.71. The largest absolute Gasteiger partial charge is 0.497 e.